The molecule has 2 aromatic heterocycles. The Morgan fingerprint density at radius 2 is 1.65 bits per heavy atom. The van der Waals surface area contributed by atoms with Crippen LogP contribution in [0.15, 0.2) is 63.8 Å². The maximum atomic E-state index is 13.0. The smallest absolute Gasteiger partial charge is 0.296 e. The Balaban J connectivity index is 1.87. The molecule has 4 aromatic rings. The molecule has 1 N–H and O–H groups in total. The quantitative estimate of drug-likeness (QED) is 0.616. The molecular formula is C17H10FN3O2. The van der Waals surface area contributed by atoms with Crippen molar-refractivity contribution in [3.8, 4) is 22.8 Å². The first kappa shape index (κ1) is 13.4. The van der Waals surface area contributed by atoms with Gasteiger partial charge in [-0.15, -0.1) is 0 Å². The lowest BCUT2D eigenvalue weighted by molar-refractivity contribution is 0.614. The van der Waals surface area contributed by atoms with Crippen molar-refractivity contribution in [2.75, 3.05) is 0 Å². The minimum Gasteiger partial charge on any atom is -0.428 e. The van der Waals surface area contributed by atoms with E-state index < -0.39 is 5.56 Å². The van der Waals surface area contributed by atoms with Crippen molar-refractivity contribution in [2.24, 2.45) is 0 Å². The van der Waals surface area contributed by atoms with Crippen LogP contribution in [0.25, 0.3) is 34.1 Å². The molecule has 0 saturated carbocycles. The second kappa shape index (κ2) is 5.17. The number of aromatic amines is 1. The van der Waals surface area contributed by atoms with Crippen LogP contribution in [0.5, 0.6) is 0 Å². The molecule has 5 nitrogen and oxygen atoms in total. The lowest BCUT2D eigenvalue weighted by atomic mass is 10.2. The van der Waals surface area contributed by atoms with Crippen molar-refractivity contribution in [3.63, 3.8) is 0 Å². The zero-order chi connectivity index (χ0) is 15.8. The lowest BCUT2D eigenvalue weighted by Crippen LogP contribution is -2.08. The monoisotopic (exact) mass is 307 g/mol. The zero-order valence-corrected chi connectivity index (χ0v) is 11.8. The number of benzene rings is 2. The normalized spacial score (nSPS) is 11.0. The molecule has 0 fully saturated rings. The fourth-order valence-electron chi connectivity index (χ4n) is 2.28. The number of aromatic nitrogens is 3. The summed E-state index contributed by atoms with van der Waals surface area (Å²) < 4.78 is 18.5. The zero-order valence-electron chi connectivity index (χ0n) is 11.8. The van der Waals surface area contributed by atoms with Crippen molar-refractivity contribution in [1.29, 1.82) is 0 Å². The number of fused-ring (bicyclic) bond motifs is 1. The number of nitrogens with zero attached hydrogens (tertiary/aromatic N) is 2. The molecule has 0 spiro atoms. The first-order valence-electron chi connectivity index (χ1n) is 6.93. The summed E-state index contributed by atoms with van der Waals surface area (Å²) in [5, 5.41) is 0. The predicted octanol–water partition coefficient (Wildman–Crippen LogP) is 3.38. The molecule has 2 aromatic carbocycles. The molecule has 2 heterocycles. The maximum Gasteiger partial charge on any atom is 0.296 e. The second-order valence-electron chi connectivity index (χ2n) is 4.96. The van der Waals surface area contributed by atoms with Crippen LogP contribution < -0.4 is 5.56 Å². The van der Waals surface area contributed by atoms with E-state index in [1.54, 1.807) is 0 Å². The fraction of sp³-hybridized carbons (Fsp3) is 0. The third kappa shape index (κ3) is 2.40. The van der Waals surface area contributed by atoms with Gasteiger partial charge in [0.2, 0.25) is 17.1 Å². The Morgan fingerprint density at radius 1 is 0.913 bits per heavy atom. The Labute approximate surface area is 129 Å². The number of nitrogens with one attached hydrogen (secondary N) is 1. The molecule has 0 aliphatic heterocycles. The standard InChI is InChI=1S/C17H10FN3O2/c18-12-8-6-10(7-9-12)14-19-15-13(16(22)20-14)23-17(21-15)11-4-2-1-3-5-11/h1-9H,(H,19,20,22). The molecule has 0 radical (unpaired) electrons. The summed E-state index contributed by atoms with van der Waals surface area (Å²) >= 11 is 0. The number of hydrogen-bond acceptors (Lipinski definition) is 4. The van der Waals surface area contributed by atoms with Gasteiger partial charge >= 0.3 is 0 Å². The highest BCUT2D eigenvalue weighted by Gasteiger charge is 2.14. The molecule has 0 aliphatic carbocycles. The Bertz CT molecular complexity index is 1040. The van der Waals surface area contributed by atoms with Crippen LogP contribution >= 0.6 is 0 Å². The molecule has 0 amide bonds. The summed E-state index contributed by atoms with van der Waals surface area (Å²) in [6, 6.07) is 14.9. The van der Waals surface area contributed by atoms with Crippen molar-refractivity contribution in [3.05, 3.63) is 70.8 Å². The van der Waals surface area contributed by atoms with Gasteiger partial charge in [0.15, 0.2) is 0 Å². The van der Waals surface area contributed by atoms with Gasteiger partial charge in [-0.3, -0.25) is 4.79 Å². The van der Waals surface area contributed by atoms with Crippen LogP contribution in [0.3, 0.4) is 0 Å². The van der Waals surface area contributed by atoms with Crippen LogP contribution in [-0.4, -0.2) is 15.0 Å². The first-order chi connectivity index (χ1) is 11.2. The van der Waals surface area contributed by atoms with E-state index in [0.717, 1.165) is 5.56 Å². The number of hydrogen-bond donors (Lipinski definition) is 1. The maximum absolute atomic E-state index is 13.0. The van der Waals surface area contributed by atoms with Crippen molar-refractivity contribution in [1.82, 2.24) is 15.0 Å². The summed E-state index contributed by atoms with van der Waals surface area (Å²) in [5.41, 5.74) is 1.20. The van der Waals surface area contributed by atoms with Gasteiger partial charge in [0.1, 0.15) is 11.6 Å². The second-order valence-corrected chi connectivity index (χ2v) is 4.96. The summed E-state index contributed by atoms with van der Waals surface area (Å²) in [7, 11) is 0. The molecule has 0 unspecified atom stereocenters. The topological polar surface area (TPSA) is 71.8 Å². The van der Waals surface area contributed by atoms with E-state index in [4.69, 9.17) is 4.42 Å². The molecule has 0 saturated heterocycles. The van der Waals surface area contributed by atoms with Gasteiger partial charge in [0, 0.05) is 11.1 Å². The number of rotatable bonds is 2. The van der Waals surface area contributed by atoms with Gasteiger partial charge in [-0.2, -0.15) is 4.98 Å². The van der Waals surface area contributed by atoms with Crippen LogP contribution in [0.1, 0.15) is 0 Å². The van der Waals surface area contributed by atoms with Crippen LogP contribution in [0.2, 0.25) is 0 Å². The fourth-order valence-corrected chi connectivity index (χ4v) is 2.28. The Hall–Kier alpha value is -3.28. The van der Waals surface area contributed by atoms with Gasteiger partial charge in [-0.1, -0.05) is 18.2 Å². The Kier molecular flexibility index (Phi) is 3.01. The average Bonchev–Trinajstić information content (AvgIpc) is 3.01. The molecule has 0 atom stereocenters. The molecule has 0 bridgehead atoms. The molecule has 23 heavy (non-hydrogen) atoms. The van der Waals surface area contributed by atoms with Crippen molar-refractivity contribution < 1.29 is 8.81 Å². The third-order valence-electron chi connectivity index (χ3n) is 3.40. The van der Waals surface area contributed by atoms with E-state index >= 15 is 0 Å². The highest BCUT2D eigenvalue weighted by atomic mass is 19.1. The first-order valence-corrected chi connectivity index (χ1v) is 6.93. The molecule has 6 heteroatoms. The van der Waals surface area contributed by atoms with Crippen molar-refractivity contribution in [2.45, 2.75) is 0 Å². The van der Waals surface area contributed by atoms with Crippen LogP contribution in [0.4, 0.5) is 4.39 Å². The minimum atomic E-state index is -0.427. The lowest BCUT2D eigenvalue weighted by Gasteiger charge is -1.99. The summed E-state index contributed by atoms with van der Waals surface area (Å²) in [6.07, 6.45) is 0. The van der Waals surface area contributed by atoms with E-state index in [2.05, 4.69) is 15.0 Å². The van der Waals surface area contributed by atoms with Gasteiger partial charge in [-0.05, 0) is 36.4 Å². The SMILES string of the molecule is O=c1[nH]c(-c2ccc(F)cc2)nc2nc(-c3ccccc3)oc12. The summed E-state index contributed by atoms with van der Waals surface area (Å²) in [5.74, 6) is 0.287. The molecular weight excluding hydrogens is 297 g/mol. The van der Waals surface area contributed by atoms with Gasteiger partial charge < -0.3 is 9.40 Å². The number of oxazole rings is 1. The highest BCUT2D eigenvalue weighted by Crippen LogP contribution is 2.22. The number of H-pyrrole nitrogens is 1. The van der Waals surface area contributed by atoms with Crippen LogP contribution in [-0.2, 0) is 0 Å². The van der Waals surface area contributed by atoms with E-state index in [1.807, 2.05) is 30.3 Å². The van der Waals surface area contributed by atoms with Crippen LogP contribution in [0, 0.1) is 5.82 Å². The molecule has 4 rings (SSSR count). The predicted molar refractivity (Wildman–Crippen MR) is 83.3 cm³/mol. The highest BCUT2D eigenvalue weighted by molar-refractivity contribution is 5.73. The molecule has 0 aliphatic rings. The van der Waals surface area contributed by atoms with Gasteiger partial charge in [0.25, 0.3) is 5.56 Å². The van der Waals surface area contributed by atoms with Gasteiger partial charge in [-0.25, -0.2) is 9.37 Å². The summed E-state index contributed by atoms with van der Waals surface area (Å²) in [6.45, 7) is 0. The van der Waals surface area contributed by atoms with E-state index in [0.29, 0.717) is 17.3 Å². The van der Waals surface area contributed by atoms with E-state index in [9.17, 15) is 9.18 Å². The number of halogens is 1. The minimum absolute atomic E-state index is 0.0646. The summed E-state index contributed by atoms with van der Waals surface area (Å²) in [4.78, 5) is 23.4. The molecule has 112 valence electrons. The average molecular weight is 307 g/mol. The van der Waals surface area contributed by atoms with Crippen molar-refractivity contribution >= 4 is 11.2 Å². The Morgan fingerprint density at radius 3 is 2.39 bits per heavy atom. The largest absolute Gasteiger partial charge is 0.428 e. The van der Waals surface area contributed by atoms with E-state index in [-0.39, 0.29) is 17.0 Å². The third-order valence-corrected chi connectivity index (χ3v) is 3.40. The van der Waals surface area contributed by atoms with Gasteiger partial charge in [0.05, 0.1) is 0 Å². The van der Waals surface area contributed by atoms with E-state index in [1.165, 1.54) is 24.3 Å².